The topological polar surface area (TPSA) is 0 Å². The third-order valence-electron chi connectivity index (χ3n) is 5.08. The Morgan fingerprint density at radius 2 is 1.35 bits per heavy atom. The fourth-order valence-electron chi connectivity index (χ4n) is 3.65. The van der Waals surface area contributed by atoms with Gasteiger partial charge in [0, 0.05) is 4.83 Å². The van der Waals surface area contributed by atoms with Crippen LogP contribution in [0.4, 0.5) is 0 Å². The van der Waals surface area contributed by atoms with Gasteiger partial charge in [-0.2, -0.15) is 0 Å². The Morgan fingerprint density at radius 3 is 1.95 bits per heavy atom. The minimum atomic E-state index is 0.817. The molecule has 1 saturated carbocycles. The lowest BCUT2D eigenvalue weighted by molar-refractivity contribution is 0.276. The van der Waals surface area contributed by atoms with Gasteiger partial charge in [0.2, 0.25) is 0 Å². The van der Waals surface area contributed by atoms with E-state index >= 15 is 0 Å². The van der Waals surface area contributed by atoms with Gasteiger partial charge in [0.05, 0.1) is 0 Å². The van der Waals surface area contributed by atoms with Gasteiger partial charge >= 0.3 is 0 Å². The summed E-state index contributed by atoms with van der Waals surface area (Å²) >= 11 is 3.91. The molecule has 0 amide bonds. The molecule has 3 atom stereocenters. The predicted octanol–water partition coefficient (Wildman–Crippen LogP) is 7.50. The van der Waals surface area contributed by atoms with Crippen molar-refractivity contribution in [1.29, 1.82) is 0 Å². The third kappa shape index (κ3) is 8.70. The molecule has 1 rings (SSSR count). The normalized spacial score (nSPS) is 26.9. The second-order valence-corrected chi connectivity index (χ2v) is 8.34. The van der Waals surface area contributed by atoms with Gasteiger partial charge in [-0.05, 0) is 37.5 Å². The van der Waals surface area contributed by atoms with E-state index in [1.54, 1.807) is 0 Å². The van der Waals surface area contributed by atoms with E-state index in [4.69, 9.17) is 0 Å². The maximum absolute atomic E-state index is 3.91. The van der Waals surface area contributed by atoms with Crippen LogP contribution < -0.4 is 0 Å². The van der Waals surface area contributed by atoms with Gasteiger partial charge < -0.3 is 0 Å². The minimum absolute atomic E-state index is 0.817. The molecule has 1 aliphatic rings. The number of alkyl halides is 1. The zero-order valence-corrected chi connectivity index (χ0v) is 15.6. The summed E-state index contributed by atoms with van der Waals surface area (Å²) in [6, 6.07) is 0. The Bertz CT molecular complexity index is 214. The van der Waals surface area contributed by atoms with Crippen molar-refractivity contribution in [3.05, 3.63) is 0 Å². The van der Waals surface area contributed by atoms with Crippen molar-refractivity contribution in [2.24, 2.45) is 11.8 Å². The summed E-state index contributed by atoms with van der Waals surface area (Å²) < 4.78 is 0. The molecule has 20 heavy (non-hydrogen) atoms. The molecule has 0 aliphatic heterocycles. The summed E-state index contributed by atoms with van der Waals surface area (Å²) in [7, 11) is 0. The van der Waals surface area contributed by atoms with Gasteiger partial charge in [0.15, 0.2) is 0 Å². The SMILES string of the molecule is CCCCCCCCCCCCC1CC(C)CCC1Br. The van der Waals surface area contributed by atoms with Gasteiger partial charge in [0.25, 0.3) is 0 Å². The average Bonchev–Trinajstić information content (AvgIpc) is 2.44. The first-order chi connectivity index (χ1) is 9.74. The van der Waals surface area contributed by atoms with Crippen molar-refractivity contribution < 1.29 is 0 Å². The lowest BCUT2D eigenvalue weighted by atomic mass is 9.80. The van der Waals surface area contributed by atoms with Crippen LogP contribution in [0.1, 0.15) is 104 Å². The molecule has 1 aliphatic carbocycles. The van der Waals surface area contributed by atoms with Crippen molar-refractivity contribution >= 4 is 15.9 Å². The van der Waals surface area contributed by atoms with Crippen LogP contribution in [0.3, 0.4) is 0 Å². The van der Waals surface area contributed by atoms with Gasteiger partial charge in [0.1, 0.15) is 0 Å². The van der Waals surface area contributed by atoms with E-state index in [0.717, 1.165) is 16.7 Å². The van der Waals surface area contributed by atoms with Crippen LogP contribution in [-0.4, -0.2) is 4.83 Å². The summed E-state index contributed by atoms with van der Waals surface area (Å²) in [5, 5.41) is 0. The molecule has 120 valence electrons. The molecule has 0 N–H and O–H groups in total. The predicted molar refractivity (Wildman–Crippen MR) is 95.7 cm³/mol. The fourth-order valence-corrected chi connectivity index (χ4v) is 4.40. The van der Waals surface area contributed by atoms with Crippen molar-refractivity contribution in [3.63, 3.8) is 0 Å². The van der Waals surface area contributed by atoms with E-state index in [2.05, 4.69) is 29.8 Å². The second-order valence-electron chi connectivity index (χ2n) is 7.16. The summed E-state index contributed by atoms with van der Waals surface area (Å²) in [5.74, 6) is 1.93. The quantitative estimate of drug-likeness (QED) is 0.269. The molecular formula is C19H37Br. The number of hydrogen-bond acceptors (Lipinski definition) is 0. The molecule has 0 bridgehead atoms. The number of rotatable bonds is 11. The molecule has 0 aromatic carbocycles. The van der Waals surface area contributed by atoms with Crippen molar-refractivity contribution in [2.75, 3.05) is 0 Å². The standard InChI is InChI=1S/C19H37Br/c1-3-4-5-6-7-8-9-10-11-12-13-18-16-17(2)14-15-19(18)20/h17-19H,3-16H2,1-2H3. The summed E-state index contributed by atoms with van der Waals surface area (Å²) in [6.07, 6.45) is 20.4. The van der Waals surface area contributed by atoms with Crippen molar-refractivity contribution in [2.45, 2.75) is 109 Å². The van der Waals surface area contributed by atoms with Crippen LogP contribution in [0, 0.1) is 11.8 Å². The van der Waals surface area contributed by atoms with Gasteiger partial charge in [-0.25, -0.2) is 0 Å². The lowest BCUT2D eigenvalue weighted by Gasteiger charge is -2.31. The smallest absolute Gasteiger partial charge is 0.0174 e. The first-order valence-electron chi connectivity index (χ1n) is 9.38. The van der Waals surface area contributed by atoms with Crippen LogP contribution in [0.25, 0.3) is 0 Å². The van der Waals surface area contributed by atoms with Crippen molar-refractivity contribution in [3.8, 4) is 0 Å². The highest BCUT2D eigenvalue weighted by molar-refractivity contribution is 9.09. The van der Waals surface area contributed by atoms with Crippen LogP contribution in [0.5, 0.6) is 0 Å². The molecule has 1 heteroatoms. The lowest BCUT2D eigenvalue weighted by Crippen LogP contribution is -2.23. The molecule has 0 nitrogen and oxygen atoms in total. The molecule has 0 spiro atoms. The molecule has 0 aromatic heterocycles. The first-order valence-corrected chi connectivity index (χ1v) is 10.3. The van der Waals surface area contributed by atoms with E-state index in [-0.39, 0.29) is 0 Å². The highest BCUT2D eigenvalue weighted by Gasteiger charge is 2.25. The van der Waals surface area contributed by atoms with Crippen LogP contribution in [0.15, 0.2) is 0 Å². The Morgan fingerprint density at radius 1 is 0.800 bits per heavy atom. The van der Waals surface area contributed by atoms with Crippen molar-refractivity contribution in [1.82, 2.24) is 0 Å². The summed E-state index contributed by atoms with van der Waals surface area (Å²) in [6.45, 7) is 4.73. The van der Waals surface area contributed by atoms with E-state index in [0.29, 0.717) is 0 Å². The monoisotopic (exact) mass is 344 g/mol. The van der Waals surface area contributed by atoms with E-state index in [9.17, 15) is 0 Å². The molecule has 3 unspecified atom stereocenters. The van der Waals surface area contributed by atoms with E-state index < -0.39 is 0 Å². The van der Waals surface area contributed by atoms with Gasteiger partial charge in [-0.3, -0.25) is 0 Å². The zero-order valence-electron chi connectivity index (χ0n) is 14.0. The highest BCUT2D eigenvalue weighted by Crippen LogP contribution is 2.36. The van der Waals surface area contributed by atoms with Crippen LogP contribution >= 0.6 is 15.9 Å². The molecule has 0 saturated heterocycles. The molecule has 1 fully saturated rings. The van der Waals surface area contributed by atoms with Crippen LogP contribution in [-0.2, 0) is 0 Å². The summed E-state index contributed by atoms with van der Waals surface area (Å²) in [4.78, 5) is 0.817. The number of halogens is 1. The Hall–Kier alpha value is 0.480. The maximum atomic E-state index is 3.91. The Labute approximate surface area is 136 Å². The summed E-state index contributed by atoms with van der Waals surface area (Å²) in [5.41, 5.74) is 0. The third-order valence-corrected chi connectivity index (χ3v) is 6.29. The van der Waals surface area contributed by atoms with Crippen LogP contribution in [0.2, 0.25) is 0 Å². The molecule has 0 aromatic rings. The Balaban J connectivity index is 1.86. The van der Waals surface area contributed by atoms with E-state index in [1.165, 1.54) is 89.9 Å². The van der Waals surface area contributed by atoms with E-state index in [1.807, 2.05) is 0 Å². The number of unbranched alkanes of at least 4 members (excludes halogenated alkanes) is 9. The largest absolute Gasteiger partial charge is 0.0888 e. The minimum Gasteiger partial charge on any atom is -0.0888 e. The first kappa shape index (κ1) is 18.5. The Kier molecular flexibility index (Phi) is 11.2. The average molecular weight is 345 g/mol. The maximum Gasteiger partial charge on any atom is 0.0174 e. The zero-order chi connectivity index (χ0) is 14.6. The molecule has 0 heterocycles. The number of hydrogen-bond donors (Lipinski definition) is 0. The second kappa shape index (κ2) is 12.1. The fraction of sp³-hybridized carbons (Fsp3) is 1.00. The van der Waals surface area contributed by atoms with Gasteiger partial charge in [-0.1, -0.05) is 94.0 Å². The highest BCUT2D eigenvalue weighted by atomic mass is 79.9. The molecule has 0 radical (unpaired) electrons. The molecular weight excluding hydrogens is 308 g/mol. The van der Waals surface area contributed by atoms with Gasteiger partial charge in [-0.15, -0.1) is 0 Å².